The molecule has 1 heterocycles. The maximum atomic E-state index is 10.6. The minimum absolute atomic E-state index is 0.337. The molecule has 0 radical (unpaired) electrons. The smallest absolute Gasteiger partial charge is 0.337 e. The summed E-state index contributed by atoms with van der Waals surface area (Å²) in [5.74, 6) is -0.337. The quantitative estimate of drug-likeness (QED) is 0.441. The standard InChI is InChI=1S/C5H4N2O4/c8-3-1-4(7(10)11)5(9)6-2-3/h1-2,8H,(H,6,9). The number of aromatic amines is 1. The molecule has 2 N–H and O–H groups in total. The van der Waals surface area contributed by atoms with Crippen LogP contribution in [0.3, 0.4) is 0 Å². The van der Waals surface area contributed by atoms with Gasteiger partial charge >= 0.3 is 11.2 Å². The second-order valence-electron chi connectivity index (χ2n) is 1.83. The number of H-pyrrole nitrogens is 1. The lowest BCUT2D eigenvalue weighted by atomic mass is 10.4. The molecular formula is C5H4N2O4. The third kappa shape index (κ3) is 1.34. The topological polar surface area (TPSA) is 96.2 Å². The van der Waals surface area contributed by atoms with Crippen LogP contribution in [-0.2, 0) is 0 Å². The van der Waals surface area contributed by atoms with Crippen molar-refractivity contribution in [3.8, 4) is 5.75 Å². The molecule has 58 valence electrons. The van der Waals surface area contributed by atoms with Gasteiger partial charge < -0.3 is 10.1 Å². The summed E-state index contributed by atoms with van der Waals surface area (Å²) in [4.78, 5) is 21.8. The number of nitrogens with zero attached hydrogens (tertiary/aromatic N) is 1. The molecule has 0 aliphatic heterocycles. The molecule has 0 aliphatic carbocycles. The molecule has 0 saturated heterocycles. The van der Waals surface area contributed by atoms with Crippen LogP contribution in [0.2, 0.25) is 0 Å². The molecule has 0 fully saturated rings. The summed E-state index contributed by atoms with van der Waals surface area (Å²) in [6.07, 6.45) is 0.981. The molecule has 0 saturated carbocycles. The van der Waals surface area contributed by atoms with E-state index < -0.39 is 16.2 Å². The van der Waals surface area contributed by atoms with Crippen LogP contribution in [0.25, 0.3) is 0 Å². The zero-order chi connectivity index (χ0) is 8.43. The van der Waals surface area contributed by atoms with Crippen molar-refractivity contribution in [3.05, 3.63) is 32.7 Å². The van der Waals surface area contributed by atoms with Crippen LogP contribution >= 0.6 is 0 Å². The van der Waals surface area contributed by atoms with Gasteiger partial charge in [0.1, 0.15) is 5.75 Å². The van der Waals surface area contributed by atoms with Gasteiger partial charge in [0, 0.05) is 6.20 Å². The Morgan fingerprint density at radius 3 is 2.73 bits per heavy atom. The fourth-order valence-corrected chi connectivity index (χ4v) is 0.596. The number of hydrogen-bond acceptors (Lipinski definition) is 4. The highest BCUT2D eigenvalue weighted by Gasteiger charge is 2.11. The Balaban J connectivity index is 3.35. The van der Waals surface area contributed by atoms with Crippen molar-refractivity contribution in [2.24, 2.45) is 0 Å². The molecule has 1 aromatic heterocycles. The van der Waals surface area contributed by atoms with E-state index in [2.05, 4.69) is 0 Å². The lowest BCUT2D eigenvalue weighted by Gasteiger charge is -1.89. The van der Waals surface area contributed by atoms with Crippen LogP contribution in [0.4, 0.5) is 5.69 Å². The highest BCUT2D eigenvalue weighted by Crippen LogP contribution is 2.10. The Morgan fingerprint density at radius 1 is 1.64 bits per heavy atom. The van der Waals surface area contributed by atoms with E-state index in [1.54, 1.807) is 0 Å². The summed E-state index contributed by atoms with van der Waals surface area (Å²) in [6, 6.07) is 0.791. The van der Waals surface area contributed by atoms with Gasteiger partial charge in [0.25, 0.3) is 0 Å². The van der Waals surface area contributed by atoms with Crippen LogP contribution in [0, 0.1) is 10.1 Å². The summed E-state index contributed by atoms with van der Waals surface area (Å²) >= 11 is 0. The summed E-state index contributed by atoms with van der Waals surface area (Å²) < 4.78 is 0. The SMILES string of the molecule is O=c1[nH]cc(O)cc1[N+](=O)[O-]. The van der Waals surface area contributed by atoms with Crippen LogP contribution in [0.1, 0.15) is 0 Å². The molecular weight excluding hydrogens is 152 g/mol. The van der Waals surface area contributed by atoms with Gasteiger partial charge in [-0.15, -0.1) is 0 Å². The highest BCUT2D eigenvalue weighted by molar-refractivity contribution is 5.32. The minimum Gasteiger partial charge on any atom is -0.506 e. The van der Waals surface area contributed by atoms with E-state index >= 15 is 0 Å². The van der Waals surface area contributed by atoms with Crippen molar-refractivity contribution in [2.75, 3.05) is 0 Å². The molecule has 1 rings (SSSR count). The lowest BCUT2D eigenvalue weighted by molar-refractivity contribution is -0.386. The molecule has 6 heteroatoms. The van der Waals surface area contributed by atoms with Crippen molar-refractivity contribution >= 4 is 5.69 Å². The molecule has 0 aliphatic rings. The Morgan fingerprint density at radius 2 is 2.27 bits per heavy atom. The lowest BCUT2D eigenvalue weighted by Crippen LogP contribution is -2.09. The van der Waals surface area contributed by atoms with E-state index in [9.17, 15) is 14.9 Å². The van der Waals surface area contributed by atoms with Crippen LogP contribution < -0.4 is 5.56 Å². The van der Waals surface area contributed by atoms with Gasteiger partial charge in [-0.3, -0.25) is 14.9 Å². The number of aromatic hydroxyl groups is 1. The predicted molar refractivity (Wildman–Crippen MR) is 35.4 cm³/mol. The zero-order valence-corrected chi connectivity index (χ0v) is 5.27. The van der Waals surface area contributed by atoms with Crippen molar-refractivity contribution in [2.45, 2.75) is 0 Å². The highest BCUT2D eigenvalue weighted by atomic mass is 16.6. The van der Waals surface area contributed by atoms with E-state index in [4.69, 9.17) is 5.11 Å². The Bertz CT molecular complexity index is 343. The number of nitro groups is 1. The Kier molecular flexibility index (Phi) is 1.59. The second kappa shape index (κ2) is 2.41. The molecule has 0 spiro atoms. The Hall–Kier alpha value is -1.85. The zero-order valence-electron chi connectivity index (χ0n) is 5.27. The average Bonchev–Trinajstić information content (AvgIpc) is 1.94. The number of nitrogens with one attached hydrogen (secondary N) is 1. The maximum Gasteiger partial charge on any atom is 0.337 e. The molecule has 0 unspecified atom stereocenters. The number of pyridine rings is 1. The molecule has 11 heavy (non-hydrogen) atoms. The van der Waals surface area contributed by atoms with Gasteiger partial charge in [-0.25, -0.2) is 0 Å². The normalized spacial score (nSPS) is 9.45. The van der Waals surface area contributed by atoms with E-state index in [1.165, 1.54) is 0 Å². The summed E-state index contributed by atoms with van der Waals surface area (Å²) in [7, 11) is 0. The first-order chi connectivity index (χ1) is 5.11. The maximum absolute atomic E-state index is 10.6. The van der Waals surface area contributed by atoms with Gasteiger partial charge in [-0.1, -0.05) is 0 Å². The van der Waals surface area contributed by atoms with E-state index in [1.807, 2.05) is 4.98 Å². The molecule has 0 amide bonds. The fourth-order valence-electron chi connectivity index (χ4n) is 0.596. The monoisotopic (exact) mass is 156 g/mol. The van der Waals surface area contributed by atoms with Crippen molar-refractivity contribution in [1.29, 1.82) is 0 Å². The summed E-state index contributed by atoms with van der Waals surface area (Å²) in [6.45, 7) is 0. The molecule has 1 aromatic rings. The molecule has 0 bridgehead atoms. The van der Waals surface area contributed by atoms with Crippen molar-refractivity contribution in [3.63, 3.8) is 0 Å². The first-order valence-corrected chi connectivity index (χ1v) is 2.67. The fraction of sp³-hybridized carbons (Fsp3) is 0. The number of rotatable bonds is 1. The minimum atomic E-state index is -0.863. The van der Waals surface area contributed by atoms with Crippen LogP contribution in [-0.4, -0.2) is 15.0 Å². The Labute approximate surface area is 60.3 Å². The van der Waals surface area contributed by atoms with Crippen molar-refractivity contribution in [1.82, 2.24) is 4.98 Å². The summed E-state index contributed by atoms with van der Waals surface area (Å²) in [5, 5.41) is 18.8. The summed E-state index contributed by atoms with van der Waals surface area (Å²) in [5.41, 5.74) is -1.49. The van der Waals surface area contributed by atoms with Gasteiger partial charge in [0.05, 0.1) is 11.0 Å². The van der Waals surface area contributed by atoms with Gasteiger partial charge in [-0.05, 0) is 0 Å². The van der Waals surface area contributed by atoms with E-state index in [0.717, 1.165) is 12.3 Å². The second-order valence-corrected chi connectivity index (χ2v) is 1.83. The first kappa shape index (κ1) is 7.26. The third-order valence-corrected chi connectivity index (χ3v) is 1.07. The average molecular weight is 156 g/mol. The van der Waals surface area contributed by atoms with Crippen LogP contribution in [0.15, 0.2) is 17.1 Å². The first-order valence-electron chi connectivity index (χ1n) is 2.67. The molecule has 0 atom stereocenters. The van der Waals surface area contributed by atoms with Crippen LogP contribution in [0.5, 0.6) is 5.75 Å². The molecule has 6 nitrogen and oxygen atoms in total. The van der Waals surface area contributed by atoms with Gasteiger partial charge in [0.15, 0.2) is 0 Å². The number of hydrogen-bond donors (Lipinski definition) is 2. The predicted octanol–water partition coefficient (Wildman–Crippen LogP) is -0.0113. The largest absolute Gasteiger partial charge is 0.506 e. The van der Waals surface area contributed by atoms with E-state index in [-0.39, 0.29) is 5.75 Å². The third-order valence-electron chi connectivity index (χ3n) is 1.07. The van der Waals surface area contributed by atoms with E-state index in [0.29, 0.717) is 0 Å². The molecule has 0 aromatic carbocycles. The van der Waals surface area contributed by atoms with Crippen molar-refractivity contribution < 1.29 is 10.0 Å². The number of aromatic nitrogens is 1. The van der Waals surface area contributed by atoms with Gasteiger partial charge in [0.2, 0.25) is 0 Å². The van der Waals surface area contributed by atoms with Gasteiger partial charge in [-0.2, -0.15) is 0 Å².